The molecular weight excluding hydrogens is 538 g/mol. The first kappa shape index (κ1) is 25.7. The number of aromatic nitrogens is 3. The number of benzene rings is 5. The number of nitrogens with zero attached hydrogens (tertiary/aromatic N) is 3. The van der Waals surface area contributed by atoms with Gasteiger partial charge in [-0.15, -0.1) is 0 Å². The Hall–Kier alpha value is -6.00. The average Bonchev–Trinajstić information content (AvgIpc) is 3.43. The van der Waals surface area contributed by atoms with Crippen molar-refractivity contribution in [3.05, 3.63) is 164 Å². The molecule has 3 aromatic heterocycles. The van der Waals surface area contributed by atoms with E-state index >= 15 is 0 Å². The Bertz CT molecular complexity index is 2240. The molecule has 0 bridgehead atoms. The van der Waals surface area contributed by atoms with Crippen molar-refractivity contribution in [1.29, 1.82) is 0 Å². The molecule has 208 valence electrons. The lowest BCUT2D eigenvalue weighted by molar-refractivity contribution is 0.483. The van der Waals surface area contributed by atoms with Crippen molar-refractivity contribution in [2.45, 2.75) is 0 Å². The van der Waals surface area contributed by atoms with Crippen LogP contribution in [-0.2, 0) is 0 Å². The fourth-order valence-electron chi connectivity index (χ4n) is 5.88. The molecule has 0 fully saturated rings. The SMILES string of the molecule is c1ccc(-c2cc(Oc3ccc4c5ccccc5n(-c5ccccn5)c4c3)cc(-c3cc(-c4ccccc4)ccn3)c2)cc1. The number of hydrogen-bond acceptors (Lipinski definition) is 3. The predicted molar refractivity (Wildman–Crippen MR) is 179 cm³/mol. The zero-order chi connectivity index (χ0) is 29.3. The van der Waals surface area contributed by atoms with E-state index in [1.165, 1.54) is 5.39 Å². The number of rotatable bonds is 6. The van der Waals surface area contributed by atoms with E-state index in [9.17, 15) is 0 Å². The first-order valence-electron chi connectivity index (χ1n) is 14.6. The Morgan fingerprint density at radius 1 is 0.409 bits per heavy atom. The van der Waals surface area contributed by atoms with Crippen molar-refractivity contribution < 1.29 is 4.74 Å². The number of para-hydroxylation sites is 1. The summed E-state index contributed by atoms with van der Waals surface area (Å²) in [6.45, 7) is 0. The standard InChI is InChI=1S/C40H27N3O/c1-3-11-28(12-4-1)30-20-22-41-37(26-30)32-23-31(29-13-5-2-6-14-29)24-34(25-32)44-33-18-19-36-35-15-7-8-16-38(35)43(39(36)27-33)40-17-9-10-21-42-40/h1-27H. The topological polar surface area (TPSA) is 39.9 Å². The van der Waals surface area contributed by atoms with E-state index in [2.05, 4.69) is 119 Å². The number of fused-ring (bicyclic) bond motifs is 3. The summed E-state index contributed by atoms with van der Waals surface area (Å²) in [5, 5.41) is 2.33. The first-order valence-corrected chi connectivity index (χ1v) is 14.6. The van der Waals surface area contributed by atoms with E-state index in [0.29, 0.717) is 0 Å². The molecule has 4 nitrogen and oxygen atoms in total. The molecule has 8 rings (SSSR count). The van der Waals surface area contributed by atoms with Crippen molar-refractivity contribution in [3.63, 3.8) is 0 Å². The van der Waals surface area contributed by atoms with Gasteiger partial charge in [-0.2, -0.15) is 0 Å². The van der Waals surface area contributed by atoms with Crippen LogP contribution in [0.3, 0.4) is 0 Å². The van der Waals surface area contributed by atoms with Crippen LogP contribution in [0, 0.1) is 0 Å². The Morgan fingerprint density at radius 2 is 1.11 bits per heavy atom. The zero-order valence-electron chi connectivity index (χ0n) is 23.8. The van der Waals surface area contributed by atoms with Gasteiger partial charge in [0.05, 0.1) is 16.7 Å². The molecule has 0 radical (unpaired) electrons. The summed E-state index contributed by atoms with van der Waals surface area (Å²) in [6.07, 6.45) is 3.70. The van der Waals surface area contributed by atoms with Crippen LogP contribution in [0.5, 0.6) is 11.5 Å². The van der Waals surface area contributed by atoms with Gasteiger partial charge in [-0.05, 0) is 82.9 Å². The molecule has 0 aliphatic carbocycles. The lowest BCUT2D eigenvalue weighted by Gasteiger charge is -2.13. The minimum atomic E-state index is 0.744. The lowest BCUT2D eigenvalue weighted by atomic mass is 9.99. The van der Waals surface area contributed by atoms with Gasteiger partial charge in [0.1, 0.15) is 17.3 Å². The Kier molecular flexibility index (Phi) is 6.43. The molecule has 0 unspecified atom stereocenters. The third kappa shape index (κ3) is 4.79. The lowest BCUT2D eigenvalue weighted by Crippen LogP contribution is -1.96. The summed E-state index contributed by atoms with van der Waals surface area (Å²) < 4.78 is 8.85. The number of pyridine rings is 2. The first-order chi connectivity index (χ1) is 21.8. The summed E-state index contributed by atoms with van der Waals surface area (Å²) in [4.78, 5) is 9.43. The van der Waals surface area contributed by atoms with E-state index in [1.807, 2.05) is 54.9 Å². The third-order valence-corrected chi connectivity index (χ3v) is 7.94. The molecular formula is C40H27N3O. The van der Waals surface area contributed by atoms with Crippen LogP contribution in [0.15, 0.2) is 164 Å². The fourth-order valence-corrected chi connectivity index (χ4v) is 5.88. The molecule has 0 amide bonds. The summed E-state index contributed by atoms with van der Waals surface area (Å²) >= 11 is 0. The minimum absolute atomic E-state index is 0.744. The molecule has 8 aromatic rings. The van der Waals surface area contributed by atoms with Crippen LogP contribution >= 0.6 is 0 Å². The van der Waals surface area contributed by atoms with Gasteiger partial charge in [0, 0.05) is 34.8 Å². The van der Waals surface area contributed by atoms with Gasteiger partial charge in [0.2, 0.25) is 0 Å². The Labute approximate surface area is 255 Å². The monoisotopic (exact) mass is 565 g/mol. The molecule has 0 atom stereocenters. The van der Waals surface area contributed by atoms with E-state index < -0.39 is 0 Å². The van der Waals surface area contributed by atoms with Crippen molar-refractivity contribution >= 4 is 21.8 Å². The highest BCUT2D eigenvalue weighted by Crippen LogP contribution is 2.37. The molecule has 0 saturated heterocycles. The number of ether oxygens (including phenoxy) is 1. The molecule has 0 saturated carbocycles. The van der Waals surface area contributed by atoms with E-state index in [4.69, 9.17) is 9.72 Å². The van der Waals surface area contributed by atoms with Gasteiger partial charge in [0.15, 0.2) is 0 Å². The summed E-state index contributed by atoms with van der Waals surface area (Å²) in [5.41, 5.74) is 8.48. The highest BCUT2D eigenvalue weighted by molar-refractivity contribution is 6.09. The summed E-state index contributed by atoms with van der Waals surface area (Å²) in [5.74, 6) is 2.36. The van der Waals surface area contributed by atoms with E-state index in [1.54, 1.807) is 0 Å². The minimum Gasteiger partial charge on any atom is -0.457 e. The largest absolute Gasteiger partial charge is 0.457 e. The second kappa shape index (κ2) is 11.0. The van der Waals surface area contributed by atoms with Gasteiger partial charge in [0.25, 0.3) is 0 Å². The smallest absolute Gasteiger partial charge is 0.137 e. The average molecular weight is 566 g/mol. The van der Waals surface area contributed by atoms with Crippen LogP contribution in [-0.4, -0.2) is 14.5 Å². The van der Waals surface area contributed by atoms with E-state index in [-0.39, 0.29) is 0 Å². The molecule has 0 aliphatic rings. The third-order valence-electron chi connectivity index (χ3n) is 7.94. The van der Waals surface area contributed by atoms with Crippen LogP contribution in [0.2, 0.25) is 0 Å². The molecule has 44 heavy (non-hydrogen) atoms. The molecule has 3 heterocycles. The van der Waals surface area contributed by atoms with Crippen molar-refractivity contribution in [2.75, 3.05) is 0 Å². The maximum absolute atomic E-state index is 6.65. The maximum Gasteiger partial charge on any atom is 0.137 e. The van der Waals surface area contributed by atoms with Gasteiger partial charge >= 0.3 is 0 Å². The van der Waals surface area contributed by atoms with Crippen molar-refractivity contribution in [2.24, 2.45) is 0 Å². The molecule has 0 aliphatic heterocycles. The van der Waals surface area contributed by atoms with Gasteiger partial charge in [-0.1, -0.05) is 84.9 Å². The highest BCUT2D eigenvalue weighted by Gasteiger charge is 2.15. The molecule has 4 heteroatoms. The van der Waals surface area contributed by atoms with Gasteiger partial charge in [-0.25, -0.2) is 4.98 Å². The second-order valence-corrected chi connectivity index (χ2v) is 10.7. The Balaban J connectivity index is 1.25. The van der Waals surface area contributed by atoms with Gasteiger partial charge < -0.3 is 4.74 Å². The summed E-state index contributed by atoms with van der Waals surface area (Å²) in [6, 6.07) is 52.0. The Morgan fingerprint density at radius 3 is 1.91 bits per heavy atom. The maximum atomic E-state index is 6.65. The fraction of sp³-hybridized carbons (Fsp3) is 0. The zero-order valence-corrected chi connectivity index (χ0v) is 23.8. The van der Waals surface area contributed by atoms with Crippen LogP contribution < -0.4 is 4.74 Å². The second-order valence-electron chi connectivity index (χ2n) is 10.7. The van der Waals surface area contributed by atoms with Crippen LogP contribution in [0.1, 0.15) is 0 Å². The molecule has 5 aromatic carbocycles. The quantitative estimate of drug-likeness (QED) is 0.201. The predicted octanol–water partition coefficient (Wildman–Crippen LogP) is 10.4. The highest BCUT2D eigenvalue weighted by atomic mass is 16.5. The number of hydrogen-bond donors (Lipinski definition) is 0. The molecule has 0 spiro atoms. The normalized spacial score (nSPS) is 11.2. The molecule has 0 N–H and O–H groups in total. The summed E-state index contributed by atoms with van der Waals surface area (Å²) in [7, 11) is 0. The van der Waals surface area contributed by atoms with Crippen molar-refractivity contribution in [1.82, 2.24) is 14.5 Å². The van der Waals surface area contributed by atoms with Crippen LogP contribution in [0.4, 0.5) is 0 Å². The van der Waals surface area contributed by atoms with Crippen molar-refractivity contribution in [3.8, 4) is 50.8 Å². The van der Waals surface area contributed by atoms with Gasteiger partial charge in [-0.3, -0.25) is 9.55 Å². The van der Waals surface area contributed by atoms with Crippen LogP contribution in [0.25, 0.3) is 61.1 Å². The van der Waals surface area contributed by atoms with E-state index in [0.717, 1.165) is 67.2 Å².